The second kappa shape index (κ2) is 11.6. The Kier molecular flexibility index (Phi) is 7.68. The second-order valence-corrected chi connectivity index (χ2v) is 9.35. The number of tetrazole rings is 1. The van der Waals surface area contributed by atoms with Crippen LogP contribution in [0.25, 0.3) is 22.5 Å². The average Bonchev–Trinajstić information content (AvgIpc) is 3.61. The third kappa shape index (κ3) is 5.39. The summed E-state index contributed by atoms with van der Waals surface area (Å²) in [6.45, 7) is 3.11. The summed E-state index contributed by atoms with van der Waals surface area (Å²) in [5.74, 6) is 0.484. The molecular formula is C30H30N6O2. The maximum Gasteiger partial charge on any atom is 0.233 e. The predicted molar refractivity (Wildman–Crippen MR) is 145 cm³/mol. The molecule has 0 aliphatic carbocycles. The highest BCUT2D eigenvalue weighted by molar-refractivity contribution is 5.88. The van der Waals surface area contributed by atoms with E-state index in [1.54, 1.807) is 4.90 Å². The zero-order valence-corrected chi connectivity index (χ0v) is 21.4. The first-order chi connectivity index (χ1) is 18.7. The predicted octanol–water partition coefficient (Wildman–Crippen LogP) is 4.98. The lowest BCUT2D eigenvalue weighted by Gasteiger charge is -2.23. The van der Waals surface area contributed by atoms with Gasteiger partial charge < -0.3 is 4.90 Å². The van der Waals surface area contributed by atoms with E-state index in [4.69, 9.17) is 0 Å². The number of aromatic amines is 1. The van der Waals surface area contributed by atoms with Gasteiger partial charge in [0.1, 0.15) is 5.70 Å². The zero-order valence-electron chi connectivity index (χ0n) is 21.4. The van der Waals surface area contributed by atoms with Crippen molar-refractivity contribution < 1.29 is 9.59 Å². The Bertz CT molecular complexity index is 1410. The molecule has 0 unspecified atom stereocenters. The number of hydrogen-bond donors (Lipinski definition) is 1. The van der Waals surface area contributed by atoms with E-state index in [2.05, 4.69) is 56.7 Å². The van der Waals surface area contributed by atoms with Gasteiger partial charge in [0.05, 0.1) is 13.1 Å². The van der Waals surface area contributed by atoms with Gasteiger partial charge in [-0.1, -0.05) is 92.2 Å². The number of rotatable bonds is 10. The van der Waals surface area contributed by atoms with E-state index in [0.717, 1.165) is 59.1 Å². The van der Waals surface area contributed by atoms with Gasteiger partial charge in [-0.25, -0.2) is 0 Å². The molecule has 1 aromatic heterocycles. The van der Waals surface area contributed by atoms with Crippen molar-refractivity contribution in [1.29, 1.82) is 0 Å². The van der Waals surface area contributed by atoms with Gasteiger partial charge in [-0.15, -0.1) is 10.2 Å². The lowest BCUT2D eigenvalue weighted by Crippen LogP contribution is -2.34. The lowest BCUT2D eigenvalue weighted by molar-refractivity contribution is -0.130. The van der Waals surface area contributed by atoms with Crippen LogP contribution in [0.3, 0.4) is 0 Å². The first kappa shape index (κ1) is 25.1. The Labute approximate surface area is 222 Å². The van der Waals surface area contributed by atoms with Crippen molar-refractivity contribution in [3.8, 4) is 22.5 Å². The van der Waals surface area contributed by atoms with E-state index in [0.29, 0.717) is 24.7 Å². The summed E-state index contributed by atoms with van der Waals surface area (Å²) in [5.41, 5.74) is 6.44. The molecule has 2 heterocycles. The average molecular weight is 507 g/mol. The SMILES string of the molecule is CCCCC1=C(C=O)N(C(=O)Cc2ccccc2)CN1Cc1ccc(-c2ccccc2-c2nn[nH]n2)cc1. The molecule has 1 amide bonds. The topological polar surface area (TPSA) is 95.1 Å². The van der Waals surface area contributed by atoms with Crippen LogP contribution in [-0.4, -0.2) is 49.3 Å². The molecule has 0 saturated heterocycles. The molecule has 8 heteroatoms. The summed E-state index contributed by atoms with van der Waals surface area (Å²) >= 11 is 0. The van der Waals surface area contributed by atoms with Gasteiger partial charge in [-0.3, -0.25) is 14.5 Å². The van der Waals surface area contributed by atoms with Gasteiger partial charge in [0, 0.05) is 17.8 Å². The van der Waals surface area contributed by atoms with Crippen molar-refractivity contribution in [3.05, 3.63) is 101 Å². The first-order valence-electron chi connectivity index (χ1n) is 12.9. The number of aromatic nitrogens is 4. The third-order valence-electron chi connectivity index (χ3n) is 6.81. The Hall–Kier alpha value is -4.59. The Morgan fingerprint density at radius 3 is 2.37 bits per heavy atom. The van der Waals surface area contributed by atoms with Gasteiger partial charge in [0.25, 0.3) is 0 Å². The van der Waals surface area contributed by atoms with Crippen LogP contribution in [-0.2, 0) is 22.6 Å². The molecule has 1 N–H and O–H groups in total. The lowest BCUT2D eigenvalue weighted by atomic mass is 9.98. The largest absolute Gasteiger partial charge is 0.351 e. The van der Waals surface area contributed by atoms with E-state index >= 15 is 0 Å². The minimum Gasteiger partial charge on any atom is -0.351 e. The van der Waals surface area contributed by atoms with Gasteiger partial charge in [-0.05, 0) is 40.3 Å². The first-order valence-corrected chi connectivity index (χ1v) is 12.9. The van der Waals surface area contributed by atoms with E-state index in [1.807, 2.05) is 54.6 Å². The van der Waals surface area contributed by atoms with Crippen molar-refractivity contribution >= 4 is 12.2 Å². The summed E-state index contributed by atoms with van der Waals surface area (Å²) < 4.78 is 0. The number of nitrogens with zero attached hydrogens (tertiary/aromatic N) is 5. The molecular weight excluding hydrogens is 476 g/mol. The molecule has 192 valence electrons. The number of unbranched alkanes of at least 4 members (excludes halogenated alkanes) is 1. The van der Waals surface area contributed by atoms with Crippen LogP contribution in [0.1, 0.15) is 37.3 Å². The van der Waals surface area contributed by atoms with Crippen LogP contribution in [0.4, 0.5) is 0 Å². The summed E-state index contributed by atoms with van der Waals surface area (Å²) in [7, 11) is 0. The quantitative estimate of drug-likeness (QED) is 0.305. The molecule has 1 aliphatic rings. The number of nitrogens with one attached hydrogen (secondary N) is 1. The number of aldehydes is 1. The fourth-order valence-electron chi connectivity index (χ4n) is 4.85. The van der Waals surface area contributed by atoms with Gasteiger partial charge in [0.2, 0.25) is 11.7 Å². The molecule has 5 rings (SSSR count). The Morgan fingerprint density at radius 2 is 1.68 bits per heavy atom. The van der Waals surface area contributed by atoms with Crippen molar-refractivity contribution in [1.82, 2.24) is 30.4 Å². The van der Waals surface area contributed by atoms with Gasteiger partial charge in [-0.2, -0.15) is 5.21 Å². The van der Waals surface area contributed by atoms with Gasteiger partial charge >= 0.3 is 0 Å². The number of amides is 1. The number of allylic oxidation sites excluding steroid dienone is 2. The molecule has 0 radical (unpaired) electrons. The van der Waals surface area contributed by atoms with Crippen LogP contribution in [0.2, 0.25) is 0 Å². The van der Waals surface area contributed by atoms with Crippen molar-refractivity contribution in [2.75, 3.05) is 6.67 Å². The fraction of sp³-hybridized carbons (Fsp3) is 0.233. The molecule has 3 aromatic carbocycles. The molecule has 1 aliphatic heterocycles. The van der Waals surface area contributed by atoms with Crippen LogP contribution < -0.4 is 0 Å². The molecule has 0 saturated carbocycles. The van der Waals surface area contributed by atoms with E-state index < -0.39 is 0 Å². The summed E-state index contributed by atoms with van der Waals surface area (Å²) in [6, 6.07) is 26.0. The van der Waals surface area contributed by atoms with E-state index in [9.17, 15) is 9.59 Å². The molecule has 0 atom stereocenters. The molecule has 0 bridgehead atoms. The Morgan fingerprint density at radius 1 is 0.947 bits per heavy atom. The number of hydrogen-bond acceptors (Lipinski definition) is 6. The number of carbonyl (C=O) groups excluding carboxylic acids is 2. The number of carbonyl (C=O) groups is 2. The van der Waals surface area contributed by atoms with E-state index in [-0.39, 0.29) is 12.3 Å². The number of H-pyrrole nitrogens is 1. The highest BCUT2D eigenvalue weighted by Gasteiger charge is 2.32. The van der Waals surface area contributed by atoms with Crippen LogP contribution in [0.5, 0.6) is 0 Å². The highest BCUT2D eigenvalue weighted by atomic mass is 16.2. The van der Waals surface area contributed by atoms with Crippen molar-refractivity contribution in [2.24, 2.45) is 0 Å². The molecule has 4 aromatic rings. The molecule has 0 spiro atoms. The van der Waals surface area contributed by atoms with Crippen molar-refractivity contribution in [3.63, 3.8) is 0 Å². The van der Waals surface area contributed by atoms with Crippen molar-refractivity contribution in [2.45, 2.75) is 39.2 Å². The second-order valence-electron chi connectivity index (χ2n) is 9.35. The van der Waals surface area contributed by atoms with Crippen LogP contribution in [0, 0.1) is 0 Å². The zero-order chi connectivity index (χ0) is 26.3. The third-order valence-corrected chi connectivity index (χ3v) is 6.81. The standard InChI is InChI=1S/C30H30N6O2/c1-2-3-13-27-28(20-37)36(29(38)18-22-9-5-4-6-10-22)21-35(27)19-23-14-16-24(17-15-23)25-11-7-8-12-26(25)30-31-33-34-32-30/h4-12,14-17,20H,2-3,13,18-19,21H2,1H3,(H,31,32,33,34). The summed E-state index contributed by atoms with van der Waals surface area (Å²) in [5, 5.41) is 14.5. The molecule has 0 fully saturated rings. The summed E-state index contributed by atoms with van der Waals surface area (Å²) in [4.78, 5) is 29.2. The smallest absolute Gasteiger partial charge is 0.233 e. The summed E-state index contributed by atoms with van der Waals surface area (Å²) in [6.07, 6.45) is 3.83. The van der Waals surface area contributed by atoms with Gasteiger partial charge in [0.15, 0.2) is 6.29 Å². The monoisotopic (exact) mass is 506 g/mol. The maximum absolute atomic E-state index is 13.2. The van der Waals surface area contributed by atoms with Crippen LogP contribution >= 0.6 is 0 Å². The fourth-order valence-corrected chi connectivity index (χ4v) is 4.85. The highest BCUT2D eigenvalue weighted by Crippen LogP contribution is 2.32. The normalized spacial score (nSPS) is 13.3. The van der Waals surface area contributed by atoms with Crippen LogP contribution in [0.15, 0.2) is 90.3 Å². The Balaban J connectivity index is 1.36. The molecule has 38 heavy (non-hydrogen) atoms. The maximum atomic E-state index is 13.2. The molecule has 8 nitrogen and oxygen atoms in total. The van der Waals surface area contributed by atoms with E-state index in [1.165, 1.54) is 0 Å². The minimum atomic E-state index is -0.0665. The number of benzene rings is 3. The minimum absolute atomic E-state index is 0.0665.